The summed E-state index contributed by atoms with van der Waals surface area (Å²) in [7, 11) is -3.43. The van der Waals surface area contributed by atoms with E-state index in [4.69, 9.17) is 9.97 Å². The van der Waals surface area contributed by atoms with E-state index in [1.165, 1.54) is 18.9 Å². The van der Waals surface area contributed by atoms with Crippen molar-refractivity contribution < 1.29 is 13.2 Å². The first kappa shape index (κ1) is 26.3. The van der Waals surface area contributed by atoms with Crippen LogP contribution in [-0.2, 0) is 16.4 Å². The van der Waals surface area contributed by atoms with Crippen LogP contribution in [0.2, 0.25) is 0 Å². The summed E-state index contributed by atoms with van der Waals surface area (Å²) in [5.41, 5.74) is 4.11. The largest absolute Gasteiger partial charge is 0.351 e. The minimum Gasteiger partial charge on any atom is -0.351 e. The molecule has 1 aliphatic heterocycles. The van der Waals surface area contributed by atoms with Crippen LogP contribution in [0.4, 0.5) is 5.82 Å². The molecule has 4 heterocycles. The van der Waals surface area contributed by atoms with Crippen molar-refractivity contribution in [2.24, 2.45) is 0 Å². The number of nitrogens with one attached hydrogen (secondary N) is 2. The number of hydrogen-bond acceptors (Lipinski definition) is 8. The molecule has 0 bridgehead atoms. The van der Waals surface area contributed by atoms with Gasteiger partial charge < -0.3 is 15.5 Å². The maximum absolute atomic E-state index is 12.8. The lowest BCUT2D eigenvalue weighted by atomic mass is 10.1. The molecule has 1 saturated heterocycles. The molecule has 1 amide bonds. The van der Waals surface area contributed by atoms with Gasteiger partial charge in [-0.3, -0.25) is 9.78 Å². The summed E-state index contributed by atoms with van der Waals surface area (Å²) >= 11 is 0. The number of pyridine rings is 3. The Hall–Kier alpha value is -3.89. The summed E-state index contributed by atoms with van der Waals surface area (Å²) in [6.07, 6.45) is 5.30. The molecule has 3 aromatic heterocycles. The van der Waals surface area contributed by atoms with Crippen LogP contribution in [0.5, 0.6) is 0 Å². The van der Waals surface area contributed by atoms with Crippen molar-refractivity contribution in [3.8, 4) is 11.4 Å². The highest BCUT2D eigenvalue weighted by Gasteiger charge is 2.47. The summed E-state index contributed by atoms with van der Waals surface area (Å²) in [5.74, 6) is 0.595. The molecule has 40 heavy (non-hydrogen) atoms. The predicted octanol–water partition coefficient (Wildman–Crippen LogP) is 3.66. The molecule has 4 aromatic rings. The third kappa shape index (κ3) is 5.29. The van der Waals surface area contributed by atoms with Crippen LogP contribution < -0.4 is 15.5 Å². The Balaban J connectivity index is 1.21. The number of aromatic nitrogens is 3. The van der Waals surface area contributed by atoms with Crippen LogP contribution in [0.25, 0.3) is 22.3 Å². The van der Waals surface area contributed by atoms with E-state index in [2.05, 4.69) is 33.5 Å². The van der Waals surface area contributed by atoms with Crippen LogP contribution in [0.1, 0.15) is 41.4 Å². The average molecular weight is 557 g/mol. The smallest absolute Gasteiger partial charge is 0.251 e. The molecule has 1 aromatic carbocycles. The standard InChI is InChI=1S/C30H32N6O3S/c1-19-7-8-21(13-27(19)40(3,38)39)29(37)32-17-23-14-26-22(16-31-23)9-10-25(34-26)24-5-4-6-28(35-24)36-18-30(11-12-30)33-15-20(36)2/h4-10,13-14,16,20,33H,11-12,15,17-18H2,1-3H3,(H,32,37). The number of aryl methyl sites for hydroxylation is 1. The van der Waals surface area contributed by atoms with Crippen molar-refractivity contribution in [2.45, 2.75) is 49.7 Å². The van der Waals surface area contributed by atoms with E-state index < -0.39 is 9.84 Å². The first-order valence-corrected chi connectivity index (χ1v) is 15.3. The number of amides is 1. The van der Waals surface area contributed by atoms with Gasteiger partial charge in [0, 0.05) is 48.1 Å². The number of anilines is 1. The van der Waals surface area contributed by atoms with Gasteiger partial charge in [0.1, 0.15) is 5.82 Å². The highest BCUT2D eigenvalue weighted by molar-refractivity contribution is 7.90. The van der Waals surface area contributed by atoms with Gasteiger partial charge in [0.15, 0.2) is 9.84 Å². The van der Waals surface area contributed by atoms with E-state index in [0.29, 0.717) is 17.3 Å². The van der Waals surface area contributed by atoms with Gasteiger partial charge in [-0.25, -0.2) is 18.4 Å². The number of nitrogens with zero attached hydrogens (tertiary/aromatic N) is 4. The van der Waals surface area contributed by atoms with Gasteiger partial charge in [-0.15, -0.1) is 0 Å². The number of hydrogen-bond donors (Lipinski definition) is 2. The monoisotopic (exact) mass is 556 g/mol. The van der Waals surface area contributed by atoms with Crippen LogP contribution in [0.3, 0.4) is 0 Å². The highest BCUT2D eigenvalue weighted by Crippen LogP contribution is 2.40. The fourth-order valence-corrected chi connectivity index (χ4v) is 6.24. The summed E-state index contributed by atoms with van der Waals surface area (Å²) in [6, 6.07) is 16.9. The Morgan fingerprint density at radius 3 is 2.67 bits per heavy atom. The number of sulfone groups is 1. The topological polar surface area (TPSA) is 117 Å². The maximum atomic E-state index is 12.8. The van der Waals surface area contributed by atoms with Crippen molar-refractivity contribution >= 4 is 32.5 Å². The van der Waals surface area contributed by atoms with E-state index in [1.807, 2.05) is 30.3 Å². The maximum Gasteiger partial charge on any atom is 0.251 e. The molecule has 10 heteroatoms. The van der Waals surface area contributed by atoms with Crippen molar-refractivity contribution in [3.63, 3.8) is 0 Å². The molecule has 1 unspecified atom stereocenters. The minimum absolute atomic E-state index is 0.150. The van der Waals surface area contributed by atoms with Crippen LogP contribution in [-0.4, -0.2) is 60.2 Å². The number of benzene rings is 1. The molecule has 1 aliphatic carbocycles. The molecule has 206 valence electrons. The highest BCUT2D eigenvalue weighted by atomic mass is 32.2. The van der Waals surface area contributed by atoms with E-state index >= 15 is 0 Å². The van der Waals surface area contributed by atoms with Crippen molar-refractivity contribution in [2.75, 3.05) is 24.2 Å². The van der Waals surface area contributed by atoms with E-state index in [1.54, 1.807) is 25.3 Å². The molecular formula is C30H32N6O3S. The van der Waals surface area contributed by atoms with Crippen molar-refractivity contribution in [3.05, 3.63) is 77.6 Å². The van der Waals surface area contributed by atoms with Gasteiger partial charge >= 0.3 is 0 Å². The predicted molar refractivity (Wildman–Crippen MR) is 155 cm³/mol. The van der Waals surface area contributed by atoms with Crippen molar-refractivity contribution in [1.29, 1.82) is 0 Å². The Bertz CT molecular complexity index is 1730. The van der Waals surface area contributed by atoms with Gasteiger partial charge in [-0.05, 0) is 74.7 Å². The van der Waals surface area contributed by atoms with Crippen LogP contribution in [0, 0.1) is 6.92 Å². The van der Waals surface area contributed by atoms with Crippen molar-refractivity contribution in [1.82, 2.24) is 25.6 Å². The molecular weight excluding hydrogens is 524 g/mol. The lowest BCUT2D eigenvalue weighted by molar-refractivity contribution is 0.0950. The fraction of sp³-hybridized carbons (Fsp3) is 0.333. The second kappa shape index (κ2) is 9.94. The first-order chi connectivity index (χ1) is 19.1. The van der Waals surface area contributed by atoms with Gasteiger partial charge in [0.05, 0.1) is 34.0 Å². The Morgan fingerprint density at radius 2 is 1.90 bits per heavy atom. The van der Waals surface area contributed by atoms with Crippen LogP contribution >= 0.6 is 0 Å². The number of rotatable bonds is 6. The summed E-state index contributed by atoms with van der Waals surface area (Å²) in [5, 5.41) is 7.41. The lowest BCUT2D eigenvalue weighted by Gasteiger charge is -2.40. The quantitative estimate of drug-likeness (QED) is 0.370. The summed E-state index contributed by atoms with van der Waals surface area (Å²) in [4.78, 5) is 29.6. The zero-order valence-electron chi connectivity index (χ0n) is 22.8. The third-order valence-corrected chi connectivity index (χ3v) is 9.07. The van der Waals surface area contributed by atoms with E-state index in [9.17, 15) is 13.2 Å². The average Bonchev–Trinajstić information content (AvgIpc) is 3.71. The SMILES string of the molecule is Cc1ccc(C(=O)NCc2cc3nc(-c4cccc(N5CC6(CC6)NCC5C)n4)ccc3cn2)cc1S(C)(=O)=O. The summed E-state index contributed by atoms with van der Waals surface area (Å²) < 4.78 is 24.1. The molecule has 1 saturated carbocycles. The molecule has 2 aliphatic rings. The van der Waals surface area contributed by atoms with E-state index in [-0.39, 0.29) is 28.4 Å². The molecule has 2 fully saturated rings. The second-order valence-electron chi connectivity index (χ2n) is 11.0. The molecule has 2 N–H and O–H groups in total. The molecule has 6 rings (SSSR count). The molecule has 1 atom stereocenters. The minimum atomic E-state index is -3.43. The van der Waals surface area contributed by atoms with Gasteiger partial charge in [0.25, 0.3) is 5.91 Å². The first-order valence-electron chi connectivity index (χ1n) is 13.4. The molecule has 0 radical (unpaired) electrons. The zero-order chi connectivity index (χ0) is 28.1. The number of carbonyl (C=O) groups excluding carboxylic acids is 1. The van der Waals surface area contributed by atoms with Gasteiger partial charge in [-0.1, -0.05) is 12.1 Å². The second-order valence-corrected chi connectivity index (χ2v) is 13.0. The molecule has 9 nitrogen and oxygen atoms in total. The lowest BCUT2D eigenvalue weighted by Crippen LogP contribution is -2.57. The Morgan fingerprint density at radius 1 is 1.10 bits per heavy atom. The number of fused-ring (bicyclic) bond motifs is 1. The third-order valence-electron chi connectivity index (χ3n) is 7.83. The molecule has 1 spiro atoms. The summed E-state index contributed by atoms with van der Waals surface area (Å²) in [6.45, 7) is 6.03. The normalized spacial score (nSPS) is 18.2. The Labute approximate surface area is 234 Å². The number of carbonyl (C=O) groups is 1. The van der Waals surface area contributed by atoms with Gasteiger partial charge in [0.2, 0.25) is 0 Å². The Kier molecular flexibility index (Phi) is 6.54. The van der Waals surface area contributed by atoms with Gasteiger partial charge in [-0.2, -0.15) is 0 Å². The number of piperazine rings is 1. The zero-order valence-corrected chi connectivity index (χ0v) is 23.6. The van der Waals surface area contributed by atoms with Crippen LogP contribution in [0.15, 0.2) is 65.7 Å². The fourth-order valence-electron chi connectivity index (χ4n) is 5.24. The van der Waals surface area contributed by atoms with E-state index in [0.717, 1.165) is 47.5 Å².